The minimum absolute atomic E-state index is 0.0724. The Balaban J connectivity index is 1.48. The molecule has 1 aromatic heterocycles. The first-order chi connectivity index (χ1) is 10.7. The van der Waals surface area contributed by atoms with Gasteiger partial charge < -0.3 is 16.4 Å². The van der Waals surface area contributed by atoms with Crippen molar-refractivity contribution in [2.75, 3.05) is 12.3 Å². The second kappa shape index (κ2) is 6.51. The van der Waals surface area contributed by atoms with Crippen LogP contribution >= 0.6 is 0 Å². The maximum absolute atomic E-state index is 11.5. The molecule has 1 fully saturated rings. The molecule has 6 heteroatoms. The second-order valence-corrected chi connectivity index (χ2v) is 5.59. The Hall–Kier alpha value is -2.50. The van der Waals surface area contributed by atoms with Gasteiger partial charge in [0.15, 0.2) is 0 Å². The highest BCUT2D eigenvalue weighted by Gasteiger charge is 2.22. The van der Waals surface area contributed by atoms with Gasteiger partial charge in [0, 0.05) is 18.7 Å². The summed E-state index contributed by atoms with van der Waals surface area (Å²) in [6, 6.07) is 12.0. The van der Waals surface area contributed by atoms with Crippen molar-refractivity contribution in [1.29, 1.82) is 0 Å². The highest BCUT2D eigenvalue weighted by atomic mass is 16.2. The van der Waals surface area contributed by atoms with Gasteiger partial charge in [0.05, 0.1) is 11.4 Å². The van der Waals surface area contributed by atoms with Crippen molar-refractivity contribution in [2.24, 2.45) is 0 Å². The van der Waals surface area contributed by atoms with E-state index in [0.29, 0.717) is 18.4 Å². The molecule has 22 heavy (non-hydrogen) atoms. The number of carbonyl (C=O) groups excluding carboxylic acids is 1. The van der Waals surface area contributed by atoms with E-state index in [1.165, 1.54) is 0 Å². The number of urea groups is 1. The van der Waals surface area contributed by atoms with Crippen LogP contribution in [0.1, 0.15) is 25.0 Å². The van der Waals surface area contributed by atoms with E-state index in [9.17, 15) is 4.79 Å². The minimum atomic E-state index is -0.0724. The van der Waals surface area contributed by atoms with Crippen molar-refractivity contribution < 1.29 is 4.79 Å². The summed E-state index contributed by atoms with van der Waals surface area (Å²) >= 11 is 0. The lowest BCUT2D eigenvalue weighted by Gasteiger charge is -2.05. The van der Waals surface area contributed by atoms with Gasteiger partial charge in [-0.15, -0.1) is 0 Å². The van der Waals surface area contributed by atoms with E-state index in [2.05, 4.69) is 15.7 Å². The third-order valence-corrected chi connectivity index (χ3v) is 3.60. The van der Waals surface area contributed by atoms with Crippen LogP contribution < -0.4 is 16.4 Å². The van der Waals surface area contributed by atoms with Gasteiger partial charge in [-0.3, -0.25) is 0 Å². The molecule has 1 heterocycles. The Morgan fingerprint density at radius 3 is 2.82 bits per heavy atom. The number of hydrogen-bond donors (Lipinski definition) is 3. The third kappa shape index (κ3) is 3.78. The van der Waals surface area contributed by atoms with Crippen molar-refractivity contribution in [3.05, 3.63) is 42.1 Å². The van der Waals surface area contributed by atoms with Crippen LogP contribution in [-0.4, -0.2) is 28.4 Å². The Kier molecular flexibility index (Phi) is 4.27. The average Bonchev–Trinajstić information content (AvgIpc) is 3.25. The summed E-state index contributed by atoms with van der Waals surface area (Å²) in [6.07, 6.45) is 3.82. The Labute approximate surface area is 129 Å². The lowest BCUT2D eigenvalue weighted by Crippen LogP contribution is -2.37. The maximum atomic E-state index is 11.5. The van der Waals surface area contributed by atoms with Crippen molar-refractivity contribution in [1.82, 2.24) is 20.4 Å². The van der Waals surface area contributed by atoms with Crippen molar-refractivity contribution in [3.63, 3.8) is 0 Å². The molecular weight excluding hydrogens is 278 g/mol. The van der Waals surface area contributed by atoms with E-state index in [-0.39, 0.29) is 6.03 Å². The monoisotopic (exact) mass is 299 g/mol. The molecule has 2 aromatic rings. The van der Waals surface area contributed by atoms with Crippen LogP contribution in [0.15, 0.2) is 36.4 Å². The SMILES string of the molecule is Nc1cc(CCCNC(=O)NC2CC2)nn1-c1ccccc1. The summed E-state index contributed by atoms with van der Waals surface area (Å²) < 4.78 is 1.74. The van der Waals surface area contributed by atoms with Gasteiger partial charge in [0.25, 0.3) is 0 Å². The van der Waals surface area contributed by atoms with Gasteiger partial charge in [-0.1, -0.05) is 18.2 Å². The number of aromatic nitrogens is 2. The maximum Gasteiger partial charge on any atom is 0.315 e. The highest BCUT2D eigenvalue weighted by Crippen LogP contribution is 2.18. The molecule has 0 saturated heterocycles. The molecule has 116 valence electrons. The Morgan fingerprint density at radius 2 is 2.09 bits per heavy atom. The van der Waals surface area contributed by atoms with E-state index in [1.807, 2.05) is 36.4 Å². The molecule has 0 bridgehead atoms. The van der Waals surface area contributed by atoms with Crippen LogP contribution in [0, 0.1) is 0 Å². The number of benzene rings is 1. The number of para-hydroxylation sites is 1. The first kappa shape index (κ1) is 14.4. The molecule has 2 amide bonds. The largest absolute Gasteiger partial charge is 0.384 e. The molecule has 6 nitrogen and oxygen atoms in total. The molecule has 1 aromatic carbocycles. The number of nitrogens with zero attached hydrogens (tertiary/aromatic N) is 2. The number of nitrogens with two attached hydrogens (primary N) is 1. The van der Waals surface area contributed by atoms with E-state index in [4.69, 9.17) is 5.73 Å². The molecule has 0 aliphatic heterocycles. The fraction of sp³-hybridized carbons (Fsp3) is 0.375. The predicted octanol–water partition coefficient (Wildman–Crippen LogP) is 1.85. The van der Waals surface area contributed by atoms with Crippen LogP contribution in [-0.2, 0) is 6.42 Å². The van der Waals surface area contributed by atoms with E-state index < -0.39 is 0 Å². The fourth-order valence-electron chi connectivity index (χ4n) is 2.28. The molecule has 1 saturated carbocycles. The number of nitrogen functional groups attached to an aromatic ring is 1. The number of anilines is 1. The predicted molar refractivity (Wildman–Crippen MR) is 85.9 cm³/mol. The van der Waals surface area contributed by atoms with Crippen molar-refractivity contribution >= 4 is 11.8 Å². The zero-order valence-corrected chi connectivity index (χ0v) is 12.5. The summed E-state index contributed by atoms with van der Waals surface area (Å²) in [5.74, 6) is 0.626. The number of hydrogen-bond acceptors (Lipinski definition) is 3. The van der Waals surface area contributed by atoms with Gasteiger partial charge in [-0.05, 0) is 37.8 Å². The molecule has 0 atom stereocenters. The molecule has 0 spiro atoms. The molecule has 0 unspecified atom stereocenters. The van der Waals surface area contributed by atoms with Crippen LogP contribution in [0.3, 0.4) is 0 Å². The molecule has 0 radical (unpaired) electrons. The summed E-state index contributed by atoms with van der Waals surface area (Å²) in [7, 11) is 0. The van der Waals surface area contributed by atoms with Crippen LogP contribution in [0.25, 0.3) is 5.69 Å². The normalized spacial score (nSPS) is 13.8. The molecule has 4 N–H and O–H groups in total. The minimum Gasteiger partial charge on any atom is -0.384 e. The number of carbonyl (C=O) groups is 1. The van der Waals surface area contributed by atoms with Gasteiger partial charge in [0.2, 0.25) is 0 Å². The first-order valence-electron chi connectivity index (χ1n) is 7.66. The standard InChI is InChI=1S/C16H21N5O/c17-15-11-13(20-21(15)14-6-2-1-3-7-14)5-4-10-18-16(22)19-12-8-9-12/h1-3,6-7,11-12H,4-5,8-10,17H2,(H2,18,19,22). The van der Waals surface area contributed by atoms with Crippen LogP contribution in [0.4, 0.5) is 10.6 Å². The first-order valence-corrected chi connectivity index (χ1v) is 7.66. The van der Waals surface area contributed by atoms with E-state index in [1.54, 1.807) is 4.68 Å². The number of amides is 2. The van der Waals surface area contributed by atoms with Crippen molar-refractivity contribution in [2.45, 2.75) is 31.7 Å². The number of aryl methyl sites for hydroxylation is 1. The summed E-state index contributed by atoms with van der Waals surface area (Å²) in [4.78, 5) is 11.5. The fourth-order valence-corrected chi connectivity index (χ4v) is 2.28. The van der Waals surface area contributed by atoms with Crippen LogP contribution in [0.2, 0.25) is 0 Å². The van der Waals surface area contributed by atoms with Gasteiger partial charge in [-0.25, -0.2) is 9.48 Å². The summed E-state index contributed by atoms with van der Waals surface area (Å²) in [6.45, 7) is 0.636. The molecular formula is C16H21N5O. The molecule has 1 aliphatic rings. The lowest BCUT2D eigenvalue weighted by atomic mass is 10.2. The van der Waals surface area contributed by atoms with E-state index in [0.717, 1.165) is 37.1 Å². The lowest BCUT2D eigenvalue weighted by molar-refractivity contribution is 0.240. The zero-order valence-electron chi connectivity index (χ0n) is 12.5. The van der Waals surface area contributed by atoms with Gasteiger partial charge in [0.1, 0.15) is 5.82 Å². The second-order valence-electron chi connectivity index (χ2n) is 5.59. The number of nitrogens with one attached hydrogen (secondary N) is 2. The Morgan fingerprint density at radius 1 is 1.32 bits per heavy atom. The summed E-state index contributed by atoms with van der Waals surface area (Å²) in [5, 5.41) is 10.3. The summed E-state index contributed by atoms with van der Waals surface area (Å²) in [5.41, 5.74) is 7.90. The zero-order chi connectivity index (χ0) is 15.4. The smallest absolute Gasteiger partial charge is 0.315 e. The average molecular weight is 299 g/mol. The van der Waals surface area contributed by atoms with E-state index >= 15 is 0 Å². The van der Waals surface area contributed by atoms with Gasteiger partial charge >= 0.3 is 6.03 Å². The molecule has 1 aliphatic carbocycles. The van der Waals surface area contributed by atoms with Gasteiger partial charge in [-0.2, -0.15) is 5.10 Å². The highest BCUT2D eigenvalue weighted by molar-refractivity contribution is 5.74. The Bertz CT molecular complexity index is 633. The van der Waals surface area contributed by atoms with Crippen LogP contribution in [0.5, 0.6) is 0 Å². The van der Waals surface area contributed by atoms with Crippen molar-refractivity contribution in [3.8, 4) is 5.69 Å². The quantitative estimate of drug-likeness (QED) is 0.712. The topological polar surface area (TPSA) is 85.0 Å². The molecule has 3 rings (SSSR count). The third-order valence-electron chi connectivity index (χ3n) is 3.60. The number of rotatable bonds is 6.